The van der Waals surface area contributed by atoms with E-state index in [1.165, 1.54) is 11.8 Å². The van der Waals surface area contributed by atoms with Gasteiger partial charge in [-0.15, -0.1) is 0 Å². The number of hydrogen-bond acceptors (Lipinski definition) is 3. The summed E-state index contributed by atoms with van der Waals surface area (Å²) in [6.07, 6.45) is 2.52. The Kier molecular flexibility index (Phi) is 4.89. The summed E-state index contributed by atoms with van der Waals surface area (Å²) in [5.74, 6) is -0.371. The number of furan rings is 1. The number of carbonyl (C=O) groups is 1. The predicted molar refractivity (Wildman–Crippen MR) is 101 cm³/mol. The van der Waals surface area contributed by atoms with Crippen LogP contribution in [-0.2, 0) is 6.42 Å². The van der Waals surface area contributed by atoms with E-state index < -0.39 is 5.91 Å². The van der Waals surface area contributed by atoms with Gasteiger partial charge >= 0.3 is 0 Å². The Morgan fingerprint density at radius 1 is 1.08 bits per heavy atom. The van der Waals surface area contributed by atoms with Crippen molar-refractivity contribution in [3.05, 3.63) is 77.7 Å². The Balaban J connectivity index is 1.74. The van der Waals surface area contributed by atoms with Gasteiger partial charge in [-0.3, -0.25) is 4.79 Å². The third kappa shape index (κ3) is 3.74. The summed E-state index contributed by atoms with van der Waals surface area (Å²) < 4.78 is 5.17. The number of benzene rings is 2. The fourth-order valence-corrected chi connectivity index (χ4v) is 2.85. The van der Waals surface area contributed by atoms with Gasteiger partial charge in [0.2, 0.25) is 0 Å². The quantitative estimate of drug-likeness (QED) is 0.681. The molecule has 0 fully saturated rings. The maximum absolute atomic E-state index is 11.4. The maximum atomic E-state index is 11.4. The van der Waals surface area contributed by atoms with Crippen LogP contribution in [0, 0.1) is 0 Å². The molecule has 0 aliphatic carbocycles. The van der Waals surface area contributed by atoms with Crippen molar-refractivity contribution in [2.75, 3.05) is 5.32 Å². The highest BCUT2D eigenvalue weighted by atomic mass is 16.3. The summed E-state index contributed by atoms with van der Waals surface area (Å²) in [4.78, 5) is 11.4. The molecule has 0 radical (unpaired) electrons. The molecule has 4 heteroatoms. The van der Waals surface area contributed by atoms with Gasteiger partial charge in [-0.25, -0.2) is 0 Å². The molecule has 1 unspecified atom stereocenters. The third-order valence-corrected chi connectivity index (χ3v) is 4.36. The molecule has 0 aliphatic heterocycles. The van der Waals surface area contributed by atoms with E-state index in [2.05, 4.69) is 43.4 Å². The van der Waals surface area contributed by atoms with Gasteiger partial charge in [0.05, 0.1) is 6.26 Å². The summed E-state index contributed by atoms with van der Waals surface area (Å²) >= 11 is 0. The van der Waals surface area contributed by atoms with Crippen LogP contribution >= 0.6 is 0 Å². The average molecular weight is 334 g/mol. The van der Waals surface area contributed by atoms with E-state index in [4.69, 9.17) is 10.2 Å². The first kappa shape index (κ1) is 16.8. The SMILES string of the molecule is CCc1ccc(NC(C)c2ccc(-c3ccoc3C(N)=O)cc2)cc1. The molecule has 3 aromatic rings. The van der Waals surface area contributed by atoms with E-state index in [0.717, 1.165) is 28.8 Å². The molecule has 1 amide bonds. The summed E-state index contributed by atoms with van der Waals surface area (Å²) in [5, 5.41) is 3.50. The number of primary amides is 1. The minimum atomic E-state index is -0.561. The fourth-order valence-electron chi connectivity index (χ4n) is 2.85. The summed E-state index contributed by atoms with van der Waals surface area (Å²) in [6.45, 7) is 4.27. The van der Waals surface area contributed by atoms with Crippen molar-refractivity contribution in [1.82, 2.24) is 0 Å². The first-order valence-electron chi connectivity index (χ1n) is 8.41. The number of hydrogen-bond donors (Lipinski definition) is 2. The molecule has 3 rings (SSSR count). The van der Waals surface area contributed by atoms with Gasteiger partial charge in [0.15, 0.2) is 5.76 Å². The Morgan fingerprint density at radius 2 is 1.76 bits per heavy atom. The lowest BCUT2D eigenvalue weighted by Crippen LogP contribution is -2.10. The highest BCUT2D eigenvalue weighted by Gasteiger charge is 2.14. The number of nitrogens with two attached hydrogens (primary N) is 1. The van der Waals surface area contributed by atoms with Crippen molar-refractivity contribution >= 4 is 11.6 Å². The second-order valence-corrected chi connectivity index (χ2v) is 6.07. The van der Waals surface area contributed by atoms with E-state index in [1.807, 2.05) is 24.3 Å². The zero-order chi connectivity index (χ0) is 17.8. The summed E-state index contributed by atoms with van der Waals surface area (Å²) in [5.41, 5.74) is 10.5. The fraction of sp³-hybridized carbons (Fsp3) is 0.190. The highest BCUT2D eigenvalue weighted by Crippen LogP contribution is 2.27. The lowest BCUT2D eigenvalue weighted by molar-refractivity contribution is 0.0975. The Morgan fingerprint density at radius 3 is 2.36 bits per heavy atom. The van der Waals surface area contributed by atoms with E-state index in [0.29, 0.717) is 0 Å². The van der Waals surface area contributed by atoms with Crippen LogP contribution in [0.1, 0.15) is 41.6 Å². The topological polar surface area (TPSA) is 68.3 Å². The van der Waals surface area contributed by atoms with E-state index in [-0.39, 0.29) is 11.8 Å². The van der Waals surface area contributed by atoms with Crippen LogP contribution in [0.15, 0.2) is 65.3 Å². The summed E-state index contributed by atoms with van der Waals surface area (Å²) in [6, 6.07) is 18.5. The molecule has 1 heterocycles. The molecule has 0 saturated heterocycles. The number of amides is 1. The van der Waals surface area contributed by atoms with Crippen molar-refractivity contribution in [3.63, 3.8) is 0 Å². The molecule has 2 aromatic carbocycles. The Labute approximate surface area is 147 Å². The molecule has 4 nitrogen and oxygen atoms in total. The average Bonchev–Trinajstić information content (AvgIpc) is 3.12. The van der Waals surface area contributed by atoms with Gasteiger partial charge in [0.1, 0.15) is 0 Å². The second kappa shape index (κ2) is 7.26. The zero-order valence-electron chi connectivity index (χ0n) is 14.5. The van der Waals surface area contributed by atoms with Crippen LogP contribution < -0.4 is 11.1 Å². The van der Waals surface area contributed by atoms with E-state index >= 15 is 0 Å². The minimum absolute atomic E-state index is 0.168. The van der Waals surface area contributed by atoms with Crippen LogP contribution in [0.25, 0.3) is 11.1 Å². The minimum Gasteiger partial charge on any atom is -0.459 e. The van der Waals surface area contributed by atoms with Gasteiger partial charge in [-0.1, -0.05) is 43.3 Å². The molecular weight excluding hydrogens is 312 g/mol. The van der Waals surface area contributed by atoms with Gasteiger partial charge in [-0.2, -0.15) is 0 Å². The predicted octanol–water partition coefficient (Wildman–Crippen LogP) is 4.78. The molecule has 3 N–H and O–H groups in total. The molecular formula is C21H22N2O2. The van der Waals surface area contributed by atoms with Crippen LogP contribution in [0.2, 0.25) is 0 Å². The summed E-state index contributed by atoms with van der Waals surface area (Å²) in [7, 11) is 0. The van der Waals surface area contributed by atoms with Gasteiger partial charge in [0.25, 0.3) is 5.91 Å². The molecule has 0 spiro atoms. The molecule has 0 bridgehead atoms. The first-order chi connectivity index (χ1) is 12.1. The monoisotopic (exact) mass is 334 g/mol. The maximum Gasteiger partial charge on any atom is 0.285 e. The second-order valence-electron chi connectivity index (χ2n) is 6.07. The van der Waals surface area contributed by atoms with Crippen molar-refractivity contribution in [2.45, 2.75) is 26.3 Å². The lowest BCUT2D eigenvalue weighted by Gasteiger charge is -2.16. The molecule has 0 saturated carbocycles. The lowest BCUT2D eigenvalue weighted by atomic mass is 10.0. The molecule has 0 aliphatic rings. The first-order valence-corrected chi connectivity index (χ1v) is 8.41. The van der Waals surface area contributed by atoms with Crippen molar-refractivity contribution in [1.29, 1.82) is 0 Å². The van der Waals surface area contributed by atoms with E-state index in [9.17, 15) is 4.79 Å². The number of anilines is 1. The van der Waals surface area contributed by atoms with Crippen molar-refractivity contribution in [3.8, 4) is 11.1 Å². The molecule has 1 aromatic heterocycles. The van der Waals surface area contributed by atoms with Gasteiger partial charge in [-0.05, 0) is 48.2 Å². The molecule has 128 valence electrons. The smallest absolute Gasteiger partial charge is 0.285 e. The van der Waals surface area contributed by atoms with Gasteiger partial charge < -0.3 is 15.5 Å². The Hall–Kier alpha value is -3.01. The largest absolute Gasteiger partial charge is 0.459 e. The standard InChI is InChI=1S/C21H22N2O2/c1-3-15-4-10-18(11-5-15)23-14(2)16-6-8-17(9-7-16)19-12-13-25-20(19)21(22)24/h4-14,23H,3H2,1-2H3,(H2,22,24). The number of carbonyl (C=O) groups excluding carboxylic acids is 1. The number of nitrogens with one attached hydrogen (secondary N) is 1. The van der Waals surface area contributed by atoms with E-state index in [1.54, 1.807) is 6.07 Å². The number of aryl methyl sites for hydroxylation is 1. The van der Waals surface area contributed by atoms with Crippen LogP contribution in [-0.4, -0.2) is 5.91 Å². The van der Waals surface area contributed by atoms with Gasteiger partial charge in [0, 0.05) is 17.3 Å². The van der Waals surface area contributed by atoms with Crippen LogP contribution in [0.3, 0.4) is 0 Å². The van der Waals surface area contributed by atoms with Crippen LogP contribution in [0.4, 0.5) is 5.69 Å². The number of rotatable bonds is 6. The highest BCUT2D eigenvalue weighted by molar-refractivity contribution is 5.97. The third-order valence-electron chi connectivity index (χ3n) is 4.36. The van der Waals surface area contributed by atoms with Crippen LogP contribution in [0.5, 0.6) is 0 Å². The van der Waals surface area contributed by atoms with Crippen molar-refractivity contribution < 1.29 is 9.21 Å². The van der Waals surface area contributed by atoms with Crippen molar-refractivity contribution in [2.24, 2.45) is 5.73 Å². The Bertz CT molecular complexity index is 848. The normalized spacial score (nSPS) is 11.9. The molecule has 25 heavy (non-hydrogen) atoms. The molecule has 1 atom stereocenters. The zero-order valence-corrected chi connectivity index (χ0v) is 14.5.